The molecular weight excluding hydrogens is 321 g/mol. The molecule has 0 aliphatic heterocycles. The van der Waals surface area contributed by atoms with Crippen molar-refractivity contribution in [1.82, 2.24) is 14.5 Å². The van der Waals surface area contributed by atoms with Crippen LogP contribution >= 0.6 is 23.2 Å². The van der Waals surface area contributed by atoms with E-state index in [0.717, 1.165) is 0 Å². The average molecular weight is 334 g/mol. The van der Waals surface area contributed by atoms with E-state index in [9.17, 15) is 8.42 Å². The fraction of sp³-hybridized carbons (Fsp3) is 0.250. The van der Waals surface area contributed by atoms with Gasteiger partial charge in [0.25, 0.3) is 0 Å². The van der Waals surface area contributed by atoms with Crippen molar-refractivity contribution < 1.29 is 8.42 Å². The fourth-order valence-electron chi connectivity index (χ4n) is 1.75. The topological polar surface area (TPSA) is 64.0 Å². The predicted octanol–water partition coefficient (Wildman–Crippen LogP) is 2.56. The molecule has 1 aromatic heterocycles. The second-order valence-electron chi connectivity index (χ2n) is 4.30. The van der Waals surface area contributed by atoms with E-state index in [2.05, 4.69) is 9.82 Å². The average Bonchev–Trinajstić information content (AvgIpc) is 2.84. The van der Waals surface area contributed by atoms with Gasteiger partial charge < -0.3 is 0 Å². The normalized spacial score (nSPS) is 13.3. The first-order valence-electron chi connectivity index (χ1n) is 5.84. The number of halogens is 2. The van der Waals surface area contributed by atoms with Crippen molar-refractivity contribution in [3.63, 3.8) is 0 Å². The van der Waals surface area contributed by atoms with Crippen LogP contribution in [0.15, 0.2) is 41.6 Å². The Labute approximate surface area is 127 Å². The first kappa shape index (κ1) is 15.3. The minimum absolute atomic E-state index is 0.0213. The zero-order valence-corrected chi connectivity index (χ0v) is 13.0. The number of nitrogens with zero attached hydrogens (tertiary/aromatic N) is 2. The third-order valence-corrected chi connectivity index (χ3v) is 5.14. The van der Waals surface area contributed by atoms with Crippen LogP contribution in [0.2, 0.25) is 10.0 Å². The van der Waals surface area contributed by atoms with Crippen LogP contribution in [-0.2, 0) is 16.6 Å². The summed E-state index contributed by atoms with van der Waals surface area (Å²) < 4.78 is 28.7. The van der Waals surface area contributed by atoms with E-state index in [0.29, 0.717) is 6.54 Å². The van der Waals surface area contributed by atoms with Gasteiger partial charge in [-0.25, -0.2) is 13.1 Å². The summed E-state index contributed by atoms with van der Waals surface area (Å²) in [6.45, 7) is 2.17. The van der Waals surface area contributed by atoms with Gasteiger partial charge in [-0.15, -0.1) is 0 Å². The highest BCUT2D eigenvalue weighted by Crippen LogP contribution is 2.28. The van der Waals surface area contributed by atoms with E-state index in [1.807, 2.05) is 0 Å². The summed E-state index contributed by atoms with van der Waals surface area (Å²) in [7, 11) is -3.72. The third-order valence-electron chi connectivity index (χ3n) is 2.58. The molecule has 0 saturated heterocycles. The predicted molar refractivity (Wildman–Crippen MR) is 78.5 cm³/mol. The number of nitrogens with one attached hydrogen (secondary N) is 1. The minimum atomic E-state index is -3.72. The molecule has 0 amide bonds. The van der Waals surface area contributed by atoms with Crippen molar-refractivity contribution in [2.45, 2.75) is 24.4 Å². The summed E-state index contributed by atoms with van der Waals surface area (Å²) in [6.07, 6.45) is 3.40. The van der Waals surface area contributed by atoms with Gasteiger partial charge >= 0.3 is 0 Å². The smallest absolute Gasteiger partial charge is 0.242 e. The van der Waals surface area contributed by atoms with Gasteiger partial charge in [-0.2, -0.15) is 5.10 Å². The van der Waals surface area contributed by atoms with E-state index >= 15 is 0 Å². The molecule has 0 aliphatic rings. The van der Waals surface area contributed by atoms with Crippen molar-refractivity contribution >= 4 is 33.2 Å². The standard InChI is InChI=1S/C12H13Cl2N3O2S/c1-9(8-17-7-3-6-15-17)16-20(18,19)11-5-2-4-10(13)12(11)14/h2-7,9,16H,8H2,1H3/t9-/m1/s1. The first-order chi connectivity index (χ1) is 9.40. The molecular formula is C12H13Cl2N3O2S. The van der Waals surface area contributed by atoms with E-state index < -0.39 is 10.0 Å². The first-order valence-corrected chi connectivity index (χ1v) is 8.08. The maximum Gasteiger partial charge on any atom is 0.242 e. The lowest BCUT2D eigenvalue weighted by Crippen LogP contribution is -2.35. The molecule has 0 saturated carbocycles. The van der Waals surface area contributed by atoms with Crippen LogP contribution in [0.1, 0.15) is 6.92 Å². The quantitative estimate of drug-likeness (QED) is 0.914. The van der Waals surface area contributed by atoms with E-state index in [1.165, 1.54) is 12.1 Å². The Morgan fingerprint density at radius 1 is 1.35 bits per heavy atom. The Hall–Kier alpha value is -1.08. The van der Waals surface area contributed by atoms with Gasteiger partial charge in [0.05, 0.1) is 16.6 Å². The van der Waals surface area contributed by atoms with Crippen LogP contribution in [0.5, 0.6) is 0 Å². The molecule has 0 fully saturated rings. The molecule has 1 aromatic carbocycles. The monoisotopic (exact) mass is 333 g/mol. The van der Waals surface area contributed by atoms with Crippen LogP contribution in [0.4, 0.5) is 0 Å². The van der Waals surface area contributed by atoms with Crippen molar-refractivity contribution in [3.05, 3.63) is 46.7 Å². The summed E-state index contributed by atoms with van der Waals surface area (Å²) in [5.74, 6) is 0. The maximum absolute atomic E-state index is 12.3. The minimum Gasteiger partial charge on any atom is -0.271 e. The highest BCUT2D eigenvalue weighted by Gasteiger charge is 2.21. The van der Waals surface area contributed by atoms with Gasteiger partial charge in [-0.1, -0.05) is 29.3 Å². The Morgan fingerprint density at radius 2 is 2.10 bits per heavy atom. The summed E-state index contributed by atoms with van der Waals surface area (Å²) in [6, 6.07) is 5.93. The highest BCUT2D eigenvalue weighted by molar-refractivity contribution is 7.89. The fourth-order valence-corrected chi connectivity index (χ4v) is 3.74. The van der Waals surface area contributed by atoms with Gasteiger partial charge in [-0.3, -0.25) is 4.68 Å². The summed E-state index contributed by atoms with van der Waals surface area (Å²) in [5, 5.41) is 4.25. The van der Waals surface area contributed by atoms with Gasteiger partial charge in [0.2, 0.25) is 10.0 Å². The Balaban J connectivity index is 2.16. The molecule has 20 heavy (non-hydrogen) atoms. The molecule has 0 spiro atoms. The van der Waals surface area contributed by atoms with Crippen LogP contribution in [-0.4, -0.2) is 24.2 Å². The summed E-state index contributed by atoms with van der Waals surface area (Å²) in [5.41, 5.74) is 0. The summed E-state index contributed by atoms with van der Waals surface area (Å²) >= 11 is 11.8. The molecule has 8 heteroatoms. The largest absolute Gasteiger partial charge is 0.271 e. The Bertz CT molecular complexity index is 687. The van der Waals surface area contributed by atoms with Gasteiger partial charge in [0, 0.05) is 18.4 Å². The number of rotatable bonds is 5. The lowest BCUT2D eigenvalue weighted by Gasteiger charge is -2.15. The molecule has 0 unspecified atom stereocenters. The number of aromatic nitrogens is 2. The van der Waals surface area contributed by atoms with Crippen LogP contribution in [0.25, 0.3) is 0 Å². The number of benzene rings is 1. The lowest BCUT2D eigenvalue weighted by molar-refractivity contribution is 0.494. The molecule has 1 N–H and O–H groups in total. The molecule has 0 aliphatic carbocycles. The number of hydrogen-bond acceptors (Lipinski definition) is 3. The van der Waals surface area contributed by atoms with Crippen LogP contribution in [0.3, 0.4) is 0 Å². The zero-order chi connectivity index (χ0) is 14.8. The Kier molecular flexibility index (Phi) is 4.70. The zero-order valence-electron chi connectivity index (χ0n) is 10.6. The molecule has 108 valence electrons. The molecule has 0 radical (unpaired) electrons. The van der Waals surface area contributed by atoms with Crippen LogP contribution < -0.4 is 4.72 Å². The molecule has 2 aromatic rings. The van der Waals surface area contributed by atoms with E-state index in [4.69, 9.17) is 23.2 Å². The second kappa shape index (κ2) is 6.13. The van der Waals surface area contributed by atoms with Gasteiger partial charge in [0.15, 0.2) is 0 Å². The van der Waals surface area contributed by atoms with E-state index in [1.54, 1.807) is 36.1 Å². The van der Waals surface area contributed by atoms with Crippen molar-refractivity contribution in [2.24, 2.45) is 0 Å². The third kappa shape index (κ3) is 3.52. The number of hydrogen-bond donors (Lipinski definition) is 1. The molecule has 2 rings (SSSR count). The van der Waals surface area contributed by atoms with Crippen molar-refractivity contribution in [3.8, 4) is 0 Å². The molecule has 1 atom stereocenters. The number of sulfonamides is 1. The maximum atomic E-state index is 12.3. The molecule has 5 nitrogen and oxygen atoms in total. The van der Waals surface area contributed by atoms with Crippen LogP contribution in [0, 0.1) is 0 Å². The van der Waals surface area contributed by atoms with Gasteiger partial charge in [-0.05, 0) is 25.1 Å². The SMILES string of the molecule is C[C@H](Cn1cccn1)NS(=O)(=O)c1cccc(Cl)c1Cl. The molecule has 1 heterocycles. The van der Waals surface area contributed by atoms with Crippen molar-refractivity contribution in [2.75, 3.05) is 0 Å². The van der Waals surface area contributed by atoms with Gasteiger partial charge in [0.1, 0.15) is 4.90 Å². The molecule has 0 bridgehead atoms. The van der Waals surface area contributed by atoms with Crippen molar-refractivity contribution in [1.29, 1.82) is 0 Å². The summed E-state index contributed by atoms with van der Waals surface area (Å²) in [4.78, 5) is -0.0287. The highest BCUT2D eigenvalue weighted by atomic mass is 35.5. The lowest BCUT2D eigenvalue weighted by atomic mass is 10.4. The van der Waals surface area contributed by atoms with E-state index in [-0.39, 0.29) is 21.0 Å². The Morgan fingerprint density at radius 3 is 2.75 bits per heavy atom. The second-order valence-corrected chi connectivity index (χ2v) is 6.77.